The molecule has 0 spiro atoms. The van der Waals surface area contributed by atoms with Crippen LogP contribution in [0.1, 0.15) is 16.7 Å². The number of benzene rings is 2. The third-order valence-corrected chi connectivity index (χ3v) is 5.29. The Labute approximate surface area is 141 Å². The van der Waals surface area contributed by atoms with Crippen molar-refractivity contribution in [2.24, 2.45) is 0 Å². The average molecular weight is 332 g/mol. The molecule has 0 saturated carbocycles. The van der Waals surface area contributed by atoms with Crippen LogP contribution in [-0.4, -0.2) is 17.9 Å². The minimum atomic E-state index is 0.0550. The van der Waals surface area contributed by atoms with Gasteiger partial charge in [-0.1, -0.05) is 24.3 Å². The van der Waals surface area contributed by atoms with Crippen molar-refractivity contribution in [3.63, 3.8) is 0 Å². The Morgan fingerprint density at radius 3 is 2.50 bits per heavy atom. The molecule has 2 aromatic carbocycles. The molecule has 0 aromatic heterocycles. The van der Waals surface area contributed by atoms with Gasteiger partial charge in [-0.25, -0.2) is 0 Å². The van der Waals surface area contributed by atoms with Crippen LogP contribution in [-0.2, 0) is 10.5 Å². The lowest BCUT2D eigenvalue weighted by Gasteiger charge is -2.10. The number of amides is 1. The van der Waals surface area contributed by atoms with Gasteiger partial charge in [-0.2, -0.15) is 0 Å². The lowest BCUT2D eigenvalue weighted by Crippen LogP contribution is -2.15. The molecule has 0 heterocycles. The number of thioether (sulfide) groups is 2. The van der Waals surface area contributed by atoms with Gasteiger partial charge in [-0.05, 0) is 55.0 Å². The van der Waals surface area contributed by atoms with Crippen LogP contribution in [0.15, 0.2) is 47.4 Å². The summed E-state index contributed by atoms with van der Waals surface area (Å²) in [7, 11) is 0. The minimum absolute atomic E-state index is 0.0550. The predicted molar refractivity (Wildman–Crippen MR) is 98.9 cm³/mol. The minimum Gasteiger partial charge on any atom is -0.325 e. The Morgan fingerprint density at radius 1 is 1.09 bits per heavy atom. The first kappa shape index (κ1) is 17.0. The Morgan fingerprint density at radius 2 is 1.82 bits per heavy atom. The molecule has 0 aliphatic heterocycles. The Bertz CT molecular complexity index is 638. The highest BCUT2D eigenvalue weighted by atomic mass is 32.2. The number of anilines is 1. The summed E-state index contributed by atoms with van der Waals surface area (Å²) < 4.78 is 0. The van der Waals surface area contributed by atoms with E-state index in [0.29, 0.717) is 5.75 Å². The van der Waals surface area contributed by atoms with Crippen LogP contribution in [0.5, 0.6) is 0 Å². The Balaban J connectivity index is 1.81. The van der Waals surface area contributed by atoms with Crippen molar-refractivity contribution in [3.05, 3.63) is 59.2 Å². The molecule has 0 fully saturated rings. The largest absolute Gasteiger partial charge is 0.325 e. The van der Waals surface area contributed by atoms with Crippen LogP contribution in [0.25, 0.3) is 0 Å². The van der Waals surface area contributed by atoms with Crippen molar-refractivity contribution in [2.75, 3.05) is 17.3 Å². The van der Waals surface area contributed by atoms with Gasteiger partial charge >= 0.3 is 0 Å². The normalized spacial score (nSPS) is 10.5. The molecule has 4 heteroatoms. The zero-order valence-electron chi connectivity index (χ0n) is 13.2. The van der Waals surface area contributed by atoms with Crippen molar-refractivity contribution in [1.29, 1.82) is 0 Å². The summed E-state index contributed by atoms with van der Waals surface area (Å²) in [6.45, 7) is 4.09. The number of aryl methyl sites for hydroxylation is 1. The van der Waals surface area contributed by atoms with E-state index in [4.69, 9.17) is 0 Å². The molecular formula is C18H21NOS2. The van der Waals surface area contributed by atoms with Gasteiger partial charge in [0.1, 0.15) is 0 Å². The van der Waals surface area contributed by atoms with E-state index < -0.39 is 0 Å². The van der Waals surface area contributed by atoms with E-state index in [0.717, 1.165) is 17.0 Å². The number of rotatable bonds is 6. The molecule has 0 bridgehead atoms. The van der Waals surface area contributed by atoms with Crippen LogP contribution < -0.4 is 5.32 Å². The molecule has 22 heavy (non-hydrogen) atoms. The summed E-state index contributed by atoms with van der Waals surface area (Å²) in [6, 6.07) is 14.5. The van der Waals surface area contributed by atoms with Crippen molar-refractivity contribution >= 4 is 35.1 Å². The van der Waals surface area contributed by atoms with Crippen LogP contribution in [0.3, 0.4) is 0 Å². The summed E-state index contributed by atoms with van der Waals surface area (Å²) in [5, 5.41) is 2.99. The summed E-state index contributed by atoms with van der Waals surface area (Å²) in [6.07, 6.45) is 2.07. The van der Waals surface area contributed by atoms with Gasteiger partial charge in [0.25, 0.3) is 0 Å². The monoisotopic (exact) mass is 331 g/mol. The molecule has 0 aliphatic carbocycles. The fourth-order valence-electron chi connectivity index (χ4n) is 2.06. The summed E-state index contributed by atoms with van der Waals surface area (Å²) in [4.78, 5) is 13.3. The first-order valence-electron chi connectivity index (χ1n) is 7.17. The zero-order valence-corrected chi connectivity index (χ0v) is 14.8. The van der Waals surface area contributed by atoms with Gasteiger partial charge < -0.3 is 5.32 Å². The predicted octanol–water partition coefficient (Wildman–Crippen LogP) is 4.90. The quantitative estimate of drug-likeness (QED) is 0.764. The fraction of sp³-hybridized carbons (Fsp3) is 0.278. The van der Waals surface area contributed by atoms with E-state index in [1.807, 2.05) is 19.1 Å². The second kappa shape index (κ2) is 8.30. The van der Waals surface area contributed by atoms with Crippen molar-refractivity contribution in [2.45, 2.75) is 24.5 Å². The number of hydrogen-bond donors (Lipinski definition) is 1. The van der Waals surface area contributed by atoms with Gasteiger partial charge in [-0.15, -0.1) is 23.5 Å². The molecule has 2 rings (SSSR count). The highest BCUT2D eigenvalue weighted by molar-refractivity contribution is 7.99. The first-order valence-corrected chi connectivity index (χ1v) is 9.55. The molecule has 0 radical (unpaired) electrons. The van der Waals surface area contributed by atoms with Crippen molar-refractivity contribution in [1.82, 2.24) is 0 Å². The van der Waals surface area contributed by atoms with E-state index in [1.165, 1.54) is 16.0 Å². The van der Waals surface area contributed by atoms with Crippen LogP contribution in [0, 0.1) is 13.8 Å². The van der Waals surface area contributed by atoms with E-state index in [1.54, 1.807) is 23.5 Å². The number of hydrogen-bond acceptors (Lipinski definition) is 3. The van der Waals surface area contributed by atoms with Crippen LogP contribution in [0.4, 0.5) is 5.69 Å². The maximum Gasteiger partial charge on any atom is 0.234 e. The highest BCUT2D eigenvalue weighted by Gasteiger charge is 2.06. The molecule has 116 valence electrons. The fourth-order valence-corrected chi connectivity index (χ4v) is 3.25. The topological polar surface area (TPSA) is 29.1 Å². The molecule has 0 unspecified atom stereocenters. The standard InChI is InChI=1S/C18H21NOS2/c1-13-5-4-6-17(14(13)2)19-18(20)12-22-11-15-7-9-16(21-3)10-8-15/h4-10H,11-12H2,1-3H3,(H,19,20). The first-order chi connectivity index (χ1) is 10.6. The zero-order chi connectivity index (χ0) is 15.9. The number of nitrogens with one attached hydrogen (secondary N) is 1. The third-order valence-electron chi connectivity index (χ3n) is 3.54. The second-order valence-electron chi connectivity index (χ2n) is 5.14. The molecule has 0 atom stereocenters. The summed E-state index contributed by atoms with van der Waals surface area (Å²) in [5.74, 6) is 1.38. The van der Waals surface area contributed by atoms with E-state index in [9.17, 15) is 4.79 Å². The maximum atomic E-state index is 12.0. The molecule has 1 N–H and O–H groups in total. The number of carbonyl (C=O) groups is 1. The summed E-state index contributed by atoms with van der Waals surface area (Å²) in [5.41, 5.74) is 4.49. The third kappa shape index (κ3) is 4.82. The lowest BCUT2D eigenvalue weighted by atomic mass is 10.1. The molecule has 1 amide bonds. The highest BCUT2D eigenvalue weighted by Crippen LogP contribution is 2.20. The molecule has 2 nitrogen and oxygen atoms in total. The van der Waals surface area contributed by atoms with Crippen LogP contribution in [0.2, 0.25) is 0 Å². The van der Waals surface area contributed by atoms with Gasteiger partial charge in [-0.3, -0.25) is 4.79 Å². The smallest absolute Gasteiger partial charge is 0.234 e. The summed E-state index contributed by atoms with van der Waals surface area (Å²) >= 11 is 3.38. The van der Waals surface area contributed by atoms with Crippen molar-refractivity contribution < 1.29 is 4.79 Å². The van der Waals surface area contributed by atoms with Crippen LogP contribution >= 0.6 is 23.5 Å². The molecule has 0 aliphatic rings. The van der Waals surface area contributed by atoms with Gasteiger partial charge in [0.15, 0.2) is 0 Å². The van der Waals surface area contributed by atoms with E-state index in [2.05, 4.69) is 48.8 Å². The lowest BCUT2D eigenvalue weighted by molar-refractivity contribution is -0.113. The van der Waals surface area contributed by atoms with Gasteiger partial charge in [0, 0.05) is 16.3 Å². The average Bonchev–Trinajstić information content (AvgIpc) is 2.52. The Kier molecular flexibility index (Phi) is 6.40. The van der Waals surface area contributed by atoms with Gasteiger partial charge in [0.2, 0.25) is 5.91 Å². The Hall–Kier alpha value is -1.39. The maximum absolute atomic E-state index is 12.0. The SMILES string of the molecule is CSc1ccc(CSCC(=O)Nc2cccc(C)c2C)cc1. The molecular weight excluding hydrogens is 310 g/mol. The molecule has 2 aromatic rings. The molecule has 0 saturated heterocycles. The van der Waals surface area contributed by atoms with Crippen molar-refractivity contribution in [3.8, 4) is 0 Å². The number of carbonyl (C=O) groups excluding carboxylic acids is 1. The van der Waals surface area contributed by atoms with E-state index in [-0.39, 0.29) is 5.91 Å². The van der Waals surface area contributed by atoms with E-state index >= 15 is 0 Å². The van der Waals surface area contributed by atoms with Gasteiger partial charge in [0.05, 0.1) is 5.75 Å². The second-order valence-corrected chi connectivity index (χ2v) is 7.00.